The third-order valence-electron chi connectivity index (χ3n) is 2.82. The van der Waals surface area contributed by atoms with Gasteiger partial charge >= 0.3 is 5.97 Å². The van der Waals surface area contributed by atoms with E-state index in [4.69, 9.17) is 4.74 Å². The number of methoxy groups -OCH3 is 2. The van der Waals surface area contributed by atoms with Gasteiger partial charge in [0.1, 0.15) is 0 Å². The number of aryl methyl sites for hydroxylation is 1. The van der Waals surface area contributed by atoms with Crippen molar-refractivity contribution in [1.82, 2.24) is 9.97 Å². The van der Waals surface area contributed by atoms with Crippen molar-refractivity contribution in [1.29, 1.82) is 0 Å². The van der Waals surface area contributed by atoms with Crippen LogP contribution in [-0.4, -0.2) is 30.2 Å². The first kappa shape index (κ1) is 15.2. The fourth-order valence-corrected chi connectivity index (χ4v) is 2.39. The van der Waals surface area contributed by atoms with Crippen molar-refractivity contribution in [3.8, 4) is 5.88 Å². The third kappa shape index (κ3) is 4.71. The Morgan fingerprint density at radius 1 is 1.38 bits per heavy atom. The predicted octanol–water partition coefficient (Wildman–Crippen LogP) is 2.26. The molecule has 0 fully saturated rings. The van der Waals surface area contributed by atoms with E-state index < -0.39 is 0 Å². The highest BCUT2D eigenvalue weighted by molar-refractivity contribution is 7.13. The second-order valence-electron chi connectivity index (χ2n) is 4.28. The summed E-state index contributed by atoms with van der Waals surface area (Å²) in [6.07, 6.45) is 2.70. The molecule has 0 radical (unpaired) electrons. The number of rotatable bonds is 7. The summed E-state index contributed by atoms with van der Waals surface area (Å²) in [5.74, 6) is 0.375. The lowest BCUT2D eigenvalue weighted by molar-refractivity contribution is -0.140. The summed E-state index contributed by atoms with van der Waals surface area (Å²) in [4.78, 5) is 19.6. The Bertz CT molecular complexity index is 583. The van der Waals surface area contributed by atoms with E-state index in [0.29, 0.717) is 25.3 Å². The monoisotopic (exact) mass is 307 g/mol. The molecule has 0 spiro atoms. The van der Waals surface area contributed by atoms with Crippen LogP contribution in [0.2, 0.25) is 0 Å². The first-order valence-corrected chi connectivity index (χ1v) is 7.33. The minimum atomic E-state index is -0.221. The van der Waals surface area contributed by atoms with Crippen LogP contribution in [0.1, 0.15) is 17.7 Å². The van der Waals surface area contributed by atoms with Gasteiger partial charge in [-0.1, -0.05) is 6.07 Å². The molecule has 0 saturated carbocycles. The highest BCUT2D eigenvalue weighted by Crippen LogP contribution is 2.18. The van der Waals surface area contributed by atoms with Gasteiger partial charge in [0.05, 0.1) is 26.3 Å². The maximum Gasteiger partial charge on any atom is 0.305 e. The van der Waals surface area contributed by atoms with Crippen LogP contribution >= 0.6 is 11.3 Å². The topological polar surface area (TPSA) is 73.3 Å². The average molecular weight is 307 g/mol. The lowest BCUT2D eigenvalue weighted by Gasteiger charge is -2.03. The van der Waals surface area contributed by atoms with Crippen molar-refractivity contribution >= 4 is 22.4 Å². The van der Waals surface area contributed by atoms with Gasteiger partial charge in [-0.2, -0.15) is 0 Å². The number of hydrogen-bond donors (Lipinski definition) is 1. The number of nitrogens with one attached hydrogen (secondary N) is 1. The molecule has 0 aliphatic carbocycles. The molecule has 1 N–H and O–H groups in total. The Hall–Kier alpha value is -2.15. The van der Waals surface area contributed by atoms with E-state index in [1.54, 1.807) is 13.3 Å². The molecule has 0 aliphatic heterocycles. The molecule has 0 bridgehead atoms. The second kappa shape index (κ2) is 7.58. The molecule has 6 nitrogen and oxygen atoms in total. The fourth-order valence-electron chi connectivity index (χ4n) is 1.65. The molecular weight excluding hydrogens is 290 g/mol. The number of pyridine rings is 1. The smallest absolute Gasteiger partial charge is 0.305 e. The second-order valence-corrected chi connectivity index (χ2v) is 5.14. The lowest BCUT2D eigenvalue weighted by Crippen LogP contribution is -2.03. The SMILES string of the molecule is COC(=O)CCc1csc(NCc2ccc(OC)nc2)n1. The Morgan fingerprint density at radius 3 is 2.90 bits per heavy atom. The first-order valence-electron chi connectivity index (χ1n) is 6.45. The first-order chi connectivity index (χ1) is 10.2. The largest absolute Gasteiger partial charge is 0.481 e. The van der Waals surface area contributed by atoms with E-state index in [9.17, 15) is 4.79 Å². The molecular formula is C14H17N3O3S. The van der Waals surface area contributed by atoms with Crippen LogP contribution in [0.4, 0.5) is 5.13 Å². The molecule has 112 valence electrons. The number of aromatic nitrogens is 2. The van der Waals surface area contributed by atoms with Crippen LogP contribution in [0.15, 0.2) is 23.7 Å². The van der Waals surface area contributed by atoms with E-state index in [1.807, 2.05) is 17.5 Å². The summed E-state index contributed by atoms with van der Waals surface area (Å²) in [5, 5.41) is 6.00. The molecule has 2 aromatic heterocycles. The van der Waals surface area contributed by atoms with Crippen LogP contribution in [0.25, 0.3) is 0 Å². The normalized spacial score (nSPS) is 10.2. The zero-order chi connectivity index (χ0) is 15.1. The minimum absolute atomic E-state index is 0.221. The van der Waals surface area contributed by atoms with Crippen molar-refractivity contribution in [2.24, 2.45) is 0 Å². The van der Waals surface area contributed by atoms with E-state index >= 15 is 0 Å². The quantitative estimate of drug-likeness (QED) is 0.791. The maximum absolute atomic E-state index is 11.1. The van der Waals surface area contributed by atoms with Gasteiger partial charge in [0.15, 0.2) is 5.13 Å². The van der Waals surface area contributed by atoms with E-state index in [-0.39, 0.29) is 5.97 Å². The number of nitrogens with zero attached hydrogens (tertiary/aromatic N) is 2. The zero-order valence-electron chi connectivity index (χ0n) is 12.0. The van der Waals surface area contributed by atoms with E-state index in [0.717, 1.165) is 16.4 Å². The van der Waals surface area contributed by atoms with Gasteiger partial charge < -0.3 is 14.8 Å². The molecule has 0 aromatic carbocycles. The number of carbonyl (C=O) groups is 1. The van der Waals surface area contributed by atoms with Crippen LogP contribution in [0, 0.1) is 0 Å². The number of ether oxygens (including phenoxy) is 2. The van der Waals surface area contributed by atoms with E-state index in [1.165, 1.54) is 18.4 Å². The van der Waals surface area contributed by atoms with Gasteiger partial charge in [0.2, 0.25) is 5.88 Å². The summed E-state index contributed by atoms with van der Waals surface area (Å²) >= 11 is 1.52. The van der Waals surface area contributed by atoms with Gasteiger partial charge in [-0.15, -0.1) is 11.3 Å². The minimum Gasteiger partial charge on any atom is -0.481 e. The van der Waals surface area contributed by atoms with Gasteiger partial charge in [-0.05, 0) is 5.56 Å². The third-order valence-corrected chi connectivity index (χ3v) is 3.66. The average Bonchev–Trinajstić information content (AvgIpc) is 2.99. The fraction of sp³-hybridized carbons (Fsp3) is 0.357. The van der Waals surface area contributed by atoms with Crippen LogP contribution < -0.4 is 10.1 Å². The van der Waals surface area contributed by atoms with Crippen molar-refractivity contribution in [3.63, 3.8) is 0 Å². The number of thiazole rings is 1. The summed E-state index contributed by atoms with van der Waals surface area (Å²) in [6, 6.07) is 3.77. The highest BCUT2D eigenvalue weighted by atomic mass is 32.1. The lowest BCUT2D eigenvalue weighted by atomic mass is 10.2. The Kier molecular flexibility index (Phi) is 5.51. The van der Waals surface area contributed by atoms with Crippen molar-refractivity contribution in [2.75, 3.05) is 19.5 Å². The Morgan fingerprint density at radius 2 is 2.24 bits per heavy atom. The van der Waals surface area contributed by atoms with Crippen LogP contribution in [0.3, 0.4) is 0 Å². The molecule has 2 aromatic rings. The van der Waals surface area contributed by atoms with Gasteiger partial charge in [0, 0.05) is 30.6 Å². The standard InChI is InChI=1S/C14H17N3O3S/c1-19-12-5-3-10(7-15-12)8-16-14-17-11(9-21-14)4-6-13(18)20-2/h3,5,7,9H,4,6,8H2,1-2H3,(H,16,17). The van der Waals surface area contributed by atoms with Gasteiger partial charge in [-0.25, -0.2) is 9.97 Å². The number of esters is 1. The van der Waals surface area contributed by atoms with Crippen molar-refractivity contribution in [2.45, 2.75) is 19.4 Å². The van der Waals surface area contributed by atoms with Gasteiger partial charge in [0.25, 0.3) is 0 Å². The van der Waals surface area contributed by atoms with Crippen LogP contribution in [-0.2, 0) is 22.5 Å². The van der Waals surface area contributed by atoms with Crippen molar-refractivity contribution < 1.29 is 14.3 Å². The summed E-state index contributed by atoms with van der Waals surface area (Å²) < 4.78 is 9.62. The van der Waals surface area contributed by atoms with Crippen molar-refractivity contribution in [3.05, 3.63) is 35.0 Å². The number of anilines is 1. The molecule has 21 heavy (non-hydrogen) atoms. The van der Waals surface area contributed by atoms with Crippen LogP contribution in [0.5, 0.6) is 5.88 Å². The Labute approximate surface area is 127 Å². The molecule has 2 rings (SSSR count). The summed E-state index contributed by atoms with van der Waals surface area (Å²) in [6.45, 7) is 0.640. The molecule has 0 aliphatic rings. The Balaban J connectivity index is 1.83. The summed E-state index contributed by atoms with van der Waals surface area (Å²) in [7, 11) is 2.98. The molecule has 0 unspecified atom stereocenters. The molecule has 2 heterocycles. The highest BCUT2D eigenvalue weighted by Gasteiger charge is 2.06. The predicted molar refractivity (Wildman–Crippen MR) is 80.6 cm³/mol. The molecule has 0 amide bonds. The maximum atomic E-state index is 11.1. The zero-order valence-corrected chi connectivity index (χ0v) is 12.8. The number of carbonyl (C=O) groups excluding carboxylic acids is 1. The summed E-state index contributed by atoms with van der Waals surface area (Å²) in [5.41, 5.74) is 1.93. The van der Waals surface area contributed by atoms with E-state index in [2.05, 4.69) is 20.0 Å². The molecule has 7 heteroatoms. The molecule has 0 saturated heterocycles. The number of hydrogen-bond acceptors (Lipinski definition) is 7. The van der Waals surface area contributed by atoms with Gasteiger partial charge in [-0.3, -0.25) is 4.79 Å². The molecule has 0 atom stereocenters.